The van der Waals surface area contributed by atoms with Gasteiger partial charge in [0.05, 0.1) is 20.1 Å². The van der Waals surface area contributed by atoms with Crippen LogP contribution in [0, 0.1) is 6.92 Å². The summed E-state index contributed by atoms with van der Waals surface area (Å²) in [5, 5.41) is 4.24. The Balaban J connectivity index is 1.96. The quantitative estimate of drug-likeness (QED) is 0.729. The van der Waals surface area contributed by atoms with Crippen molar-refractivity contribution in [1.29, 1.82) is 0 Å². The molecule has 1 aliphatic heterocycles. The first kappa shape index (κ1) is 12.8. The van der Waals surface area contributed by atoms with Crippen LogP contribution in [0.4, 0.5) is 0 Å². The second-order valence-corrected chi connectivity index (χ2v) is 4.89. The van der Waals surface area contributed by atoms with Crippen molar-refractivity contribution in [3.8, 4) is 0 Å². The molecule has 2 N–H and O–H groups in total. The monoisotopic (exact) mass is 246 g/mol. The highest BCUT2D eigenvalue weighted by Gasteiger charge is 2.15. The van der Waals surface area contributed by atoms with Crippen LogP contribution in [0.3, 0.4) is 0 Å². The lowest BCUT2D eigenvalue weighted by atomic mass is 10.1. The molecular formula is C14H20N3O+. The van der Waals surface area contributed by atoms with Gasteiger partial charge in [0.15, 0.2) is 0 Å². The van der Waals surface area contributed by atoms with Crippen molar-refractivity contribution in [2.45, 2.75) is 19.8 Å². The molecule has 1 fully saturated rings. The number of nitrogens with one attached hydrogen (secondary N) is 2. The second kappa shape index (κ2) is 5.78. The third-order valence-corrected chi connectivity index (χ3v) is 3.39. The summed E-state index contributed by atoms with van der Waals surface area (Å²) in [6.07, 6.45) is 1.94. The van der Waals surface area contributed by atoms with E-state index in [1.54, 1.807) is 0 Å². The van der Waals surface area contributed by atoms with Gasteiger partial charge in [0.1, 0.15) is 0 Å². The standard InChI is InChI=1S/C14H19N3O/c1-11-5-3-4-6-13(11)14(18)16-15-12-7-9-17(2)10-8-12/h3-6H,7-10H2,1-2H3,(H,16,18)/p+1. The maximum atomic E-state index is 11.9. The minimum absolute atomic E-state index is 0.119. The lowest BCUT2D eigenvalue weighted by Gasteiger charge is -2.20. The lowest BCUT2D eigenvalue weighted by molar-refractivity contribution is -0.880. The first-order valence-electron chi connectivity index (χ1n) is 6.39. The molecule has 4 nitrogen and oxygen atoms in total. The van der Waals surface area contributed by atoms with Gasteiger partial charge in [-0.2, -0.15) is 5.10 Å². The van der Waals surface area contributed by atoms with Crippen LogP contribution in [-0.2, 0) is 0 Å². The Morgan fingerprint density at radius 2 is 1.94 bits per heavy atom. The molecule has 1 heterocycles. The van der Waals surface area contributed by atoms with E-state index in [1.807, 2.05) is 31.2 Å². The first-order valence-corrected chi connectivity index (χ1v) is 6.39. The van der Waals surface area contributed by atoms with Crippen LogP contribution in [-0.4, -0.2) is 31.8 Å². The number of hydrogen-bond donors (Lipinski definition) is 2. The van der Waals surface area contributed by atoms with Gasteiger partial charge in [-0.25, -0.2) is 5.43 Å². The number of nitrogens with zero attached hydrogens (tertiary/aromatic N) is 1. The zero-order valence-corrected chi connectivity index (χ0v) is 11.0. The van der Waals surface area contributed by atoms with Crippen LogP contribution in [0.5, 0.6) is 0 Å². The Hall–Kier alpha value is -1.68. The zero-order chi connectivity index (χ0) is 13.0. The van der Waals surface area contributed by atoms with Crippen molar-refractivity contribution in [2.75, 3.05) is 20.1 Å². The molecule has 18 heavy (non-hydrogen) atoms. The van der Waals surface area contributed by atoms with Crippen molar-refractivity contribution >= 4 is 11.6 Å². The number of benzene rings is 1. The largest absolute Gasteiger partial charge is 0.337 e. The molecule has 0 bridgehead atoms. The topological polar surface area (TPSA) is 45.9 Å². The highest BCUT2D eigenvalue weighted by atomic mass is 16.2. The molecule has 0 radical (unpaired) electrons. The molecule has 1 aliphatic rings. The molecule has 2 rings (SSSR count). The fraction of sp³-hybridized carbons (Fsp3) is 0.429. The summed E-state index contributed by atoms with van der Waals surface area (Å²) < 4.78 is 0. The maximum Gasteiger partial charge on any atom is 0.271 e. The number of carbonyl (C=O) groups excluding carboxylic acids is 1. The van der Waals surface area contributed by atoms with Gasteiger partial charge < -0.3 is 4.90 Å². The Bertz CT molecular complexity index is 458. The minimum atomic E-state index is -0.119. The van der Waals surface area contributed by atoms with Crippen molar-refractivity contribution in [2.24, 2.45) is 5.10 Å². The summed E-state index contributed by atoms with van der Waals surface area (Å²) in [6.45, 7) is 4.12. The van der Waals surface area contributed by atoms with E-state index in [9.17, 15) is 4.79 Å². The number of quaternary nitrogens is 1. The van der Waals surface area contributed by atoms with E-state index in [0.717, 1.165) is 37.2 Å². The Kier molecular flexibility index (Phi) is 4.10. The summed E-state index contributed by atoms with van der Waals surface area (Å²) in [7, 11) is 2.18. The Morgan fingerprint density at radius 1 is 1.28 bits per heavy atom. The van der Waals surface area contributed by atoms with Gasteiger partial charge in [0.2, 0.25) is 0 Å². The number of rotatable bonds is 2. The van der Waals surface area contributed by atoms with Crippen LogP contribution < -0.4 is 10.3 Å². The number of hydrogen-bond acceptors (Lipinski definition) is 2. The zero-order valence-electron chi connectivity index (χ0n) is 11.0. The number of carbonyl (C=O) groups is 1. The number of amides is 1. The van der Waals surface area contributed by atoms with Crippen LogP contribution in [0.25, 0.3) is 0 Å². The average Bonchev–Trinajstić information content (AvgIpc) is 2.38. The molecule has 0 saturated carbocycles. The molecule has 1 aromatic rings. The van der Waals surface area contributed by atoms with E-state index >= 15 is 0 Å². The average molecular weight is 246 g/mol. The van der Waals surface area contributed by atoms with Crippen LogP contribution >= 0.6 is 0 Å². The molecule has 0 aliphatic carbocycles. The van der Waals surface area contributed by atoms with Crippen LogP contribution in [0.15, 0.2) is 29.4 Å². The third kappa shape index (κ3) is 3.17. The van der Waals surface area contributed by atoms with Gasteiger partial charge in [0, 0.05) is 24.1 Å². The van der Waals surface area contributed by atoms with Crippen molar-refractivity contribution in [3.05, 3.63) is 35.4 Å². The van der Waals surface area contributed by atoms with E-state index in [2.05, 4.69) is 17.6 Å². The summed E-state index contributed by atoms with van der Waals surface area (Å²) in [5.74, 6) is -0.119. The minimum Gasteiger partial charge on any atom is -0.337 e. The number of likely N-dealkylation sites (tertiary alicyclic amines) is 1. The molecule has 0 unspecified atom stereocenters. The van der Waals surface area contributed by atoms with E-state index < -0.39 is 0 Å². The highest BCUT2D eigenvalue weighted by Crippen LogP contribution is 2.06. The second-order valence-electron chi connectivity index (χ2n) is 4.89. The molecule has 0 atom stereocenters. The fourth-order valence-electron chi connectivity index (χ4n) is 2.09. The predicted molar refractivity (Wildman–Crippen MR) is 71.9 cm³/mol. The van der Waals surface area contributed by atoms with E-state index in [-0.39, 0.29) is 5.91 Å². The smallest absolute Gasteiger partial charge is 0.271 e. The van der Waals surface area contributed by atoms with Gasteiger partial charge in [-0.05, 0) is 18.6 Å². The number of hydrazone groups is 1. The first-order chi connectivity index (χ1) is 8.66. The lowest BCUT2D eigenvalue weighted by Crippen LogP contribution is -3.10. The molecule has 0 aromatic heterocycles. The molecular weight excluding hydrogens is 226 g/mol. The fourth-order valence-corrected chi connectivity index (χ4v) is 2.09. The maximum absolute atomic E-state index is 11.9. The van der Waals surface area contributed by atoms with Gasteiger partial charge in [-0.1, -0.05) is 18.2 Å². The summed E-state index contributed by atoms with van der Waals surface area (Å²) in [6, 6.07) is 7.55. The number of piperidine rings is 1. The normalized spacial score (nSPS) is 19.4. The molecule has 0 spiro atoms. The summed E-state index contributed by atoms with van der Waals surface area (Å²) in [5.41, 5.74) is 5.43. The van der Waals surface area contributed by atoms with E-state index in [0.29, 0.717) is 5.56 Å². The summed E-state index contributed by atoms with van der Waals surface area (Å²) in [4.78, 5) is 13.5. The third-order valence-electron chi connectivity index (χ3n) is 3.39. The van der Waals surface area contributed by atoms with E-state index in [4.69, 9.17) is 0 Å². The number of aryl methyl sites for hydroxylation is 1. The Labute approximate surface area is 108 Å². The van der Waals surface area contributed by atoms with Crippen molar-refractivity contribution in [3.63, 3.8) is 0 Å². The van der Waals surface area contributed by atoms with Gasteiger partial charge in [-0.3, -0.25) is 4.79 Å². The van der Waals surface area contributed by atoms with Crippen LogP contribution in [0.2, 0.25) is 0 Å². The van der Waals surface area contributed by atoms with E-state index in [1.165, 1.54) is 4.90 Å². The summed E-state index contributed by atoms with van der Waals surface area (Å²) >= 11 is 0. The van der Waals surface area contributed by atoms with Gasteiger partial charge in [0.25, 0.3) is 5.91 Å². The highest BCUT2D eigenvalue weighted by molar-refractivity contribution is 5.96. The SMILES string of the molecule is Cc1ccccc1C(=O)NN=C1CC[NH+](C)CC1. The van der Waals surface area contributed by atoms with Gasteiger partial charge in [-0.15, -0.1) is 0 Å². The molecule has 1 aromatic carbocycles. The predicted octanol–water partition coefficient (Wildman–Crippen LogP) is 0.389. The van der Waals surface area contributed by atoms with Gasteiger partial charge >= 0.3 is 0 Å². The van der Waals surface area contributed by atoms with Crippen molar-refractivity contribution < 1.29 is 9.69 Å². The Morgan fingerprint density at radius 3 is 2.61 bits per heavy atom. The van der Waals surface area contributed by atoms with Crippen molar-refractivity contribution in [1.82, 2.24) is 5.43 Å². The molecule has 1 amide bonds. The molecule has 1 saturated heterocycles. The van der Waals surface area contributed by atoms with Crippen LogP contribution in [0.1, 0.15) is 28.8 Å². The molecule has 96 valence electrons. The molecule has 4 heteroatoms.